The second kappa shape index (κ2) is 10.4. The van der Waals surface area contributed by atoms with Gasteiger partial charge < -0.3 is 24.3 Å². The van der Waals surface area contributed by atoms with Crippen molar-refractivity contribution in [2.75, 3.05) is 20.0 Å². The van der Waals surface area contributed by atoms with E-state index < -0.39 is 5.97 Å². The highest BCUT2D eigenvalue weighted by Gasteiger charge is 2.14. The van der Waals surface area contributed by atoms with Crippen LogP contribution in [0.25, 0.3) is 0 Å². The van der Waals surface area contributed by atoms with E-state index in [2.05, 4.69) is 12.2 Å². The molecule has 0 fully saturated rings. The summed E-state index contributed by atoms with van der Waals surface area (Å²) in [7, 11) is 0. The van der Waals surface area contributed by atoms with Crippen molar-refractivity contribution in [3.8, 4) is 17.2 Å². The van der Waals surface area contributed by atoms with Crippen LogP contribution in [0.3, 0.4) is 0 Å². The lowest BCUT2D eigenvalue weighted by atomic mass is 10.2. The predicted molar refractivity (Wildman–Crippen MR) is 106 cm³/mol. The molecule has 0 spiro atoms. The largest absolute Gasteiger partial charge is 0.494 e. The number of rotatable bonds is 10. The maximum Gasteiger partial charge on any atom is 0.338 e. The Morgan fingerprint density at radius 2 is 1.83 bits per heavy atom. The molecule has 7 heteroatoms. The van der Waals surface area contributed by atoms with Crippen LogP contribution in [0.5, 0.6) is 17.2 Å². The molecule has 0 aliphatic carbocycles. The molecule has 0 radical (unpaired) electrons. The van der Waals surface area contributed by atoms with Gasteiger partial charge in [-0.15, -0.1) is 0 Å². The first kappa shape index (κ1) is 20.5. The minimum Gasteiger partial charge on any atom is -0.494 e. The first-order chi connectivity index (χ1) is 14.2. The van der Waals surface area contributed by atoms with Crippen molar-refractivity contribution < 1.29 is 28.5 Å². The third-order valence-electron chi connectivity index (χ3n) is 4.37. The fourth-order valence-electron chi connectivity index (χ4n) is 2.75. The van der Waals surface area contributed by atoms with Crippen LogP contribution in [-0.2, 0) is 16.1 Å². The summed E-state index contributed by atoms with van der Waals surface area (Å²) in [6.45, 7) is 2.95. The zero-order valence-electron chi connectivity index (χ0n) is 16.4. The van der Waals surface area contributed by atoms with Crippen LogP contribution in [0.2, 0.25) is 0 Å². The van der Waals surface area contributed by atoms with Crippen LogP contribution in [0, 0.1) is 0 Å². The molecule has 0 saturated carbocycles. The standard InChI is InChI=1S/C22H25NO6/c1-2-3-4-11-26-18-8-6-17(7-9-18)22(25)27-14-21(24)23-13-16-5-10-19-20(12-16)29-15-28-19/h5-10,12H,2-4,11,13-15H2,1H3,(H,23,24). The number of amides is 1. The van der Waals surface area contributed by atoms with Crippen molar-refractivity contribution >= 4 is 11.9 Å². The van der Waals surface area contributed by atoms with Crippen molar-refractivity contribution in [3.05, 3.63) is 53.6 Å². The third kappa shape index (κ3) is 6.14. The normalized spacial score (nSPS) is 11.8. The number of carbonyl (C=O) groups excluding carboxylic acids is 2. The van der Waals surface area contributed by atoms with E-state index in [0.717, 1.165) is 24.8 Å². The zero-order chi connectivity index (χ0) is 20.5. The Labute approximate surface area is 169 Å². The minimum absolute atomic E-state index is 0.201. The molecule has 154 valence electrons. The van der Waals surface area contributed by atoms with Crippen LogP contribution >= 0.6 is 0 Å². The van der Waals surface area contributed by atoms with Crippen molar-refractivity contribution in [2.45, 2.75) is 32.7 Å². The smallest absolute Gasteiger partial charge is 0.338 e. The summed E-state index contributed by atoms with van der Waals surface area (Å²) < 4.78 is 21.2. The van der Waals surface area contributed by atoms with Gasteiger partial charge in [0.15, 0.2) is 18.1 Å². The average molecular weight is 399 g/mol. The molecule has 0 saturated heterocycles. The molecule has 29 heavy (non-hydrogen) atoms. The lowest BCUT2D eigenvalue weighted by Gasteiger charge is -2.08. The number of hydrogen-bond donors (Lipinski definition) is 1. The van der Waals surface area contributed by atoms with Gasteiger partial charge in [0.25, 0.3) is 5.91 Å². The van der Waals surface area contributed by atoms with Crippen LogP contribution in [0.15, 0.2) is 42.5 Å². The molecule has 1 N–H and O–H groups in total. The molecule has 1 aliphatic rings. The number of fused-ring (bicyclic) bond motifs is 1. The van der Waals surface area contributed by atoms with Gasteiger partial charge in [0.05, 0.1) is 12.2 Å². The van der Waals surface area contributed by atoms with Gasteiger partial charge in [-0.1, -0.05) is 25.8 Å². The van der Waals surface area contributed by atoms with Crippen LogP contribution in [0.1, 0.15) is 42.1 Å². The summed E-state index contributed by atoms with van der Waals surface area (Å²) >= 11 is 0. The molecule has 2 aromatic carbocycles. The van der Waals surface area contributed by atoms with E-state index >= 15 is 0 Å². The first-order valence-electron chi connectivity index (χ1n) is 9.71. The number of ether oxygens (including phenoxy) is 4. The van der Waals surface area contributed by atoms with Crippen LogP contribution in [-0.4, -0.2) is 31.9 Å². The SMILES string of the molecule is CCCCCOc1ccc(C(=O)OCC(=O)NCc2ccc3c(c2)OCO3)cc1. The topological polar surface area (TPSA) is 83.1 Å². The Morgan fingerprint density at radius 3 is 2.62 bits per heavy atom. The molecule has 0 bridgehead atoms. The Kier molecular flexibility index (Phi) is 7.33. The first-order valence-corrected chi connectivity index (χ1v) is 9.71. The quantitative estimate of drug-likeness (QED) is 0.487. The number of benzene rings is 2. The number of nitrogens with one attached hydrogen (secondary N) is 1. The Bertz CT molecular complexity index is 834. The average Bonchev–Trinajstić information content (AvgIpc) is 3.22. The molecule has 1 amide bonds. The molecular weight excluding hydrogens is 374 g/mol. The molecule has 0 atom stereocenters. The maximum atomic E-state index is 12.1. The van der Waals surface area contributed by atoms with Crippen molar-refractivity contribution in [2.24, 2.45) is 0 Å². The van der Waals surface area contributed by atoms with E-state index in [4.69, 9.17) is 18.9 Å². The van der Waals surface area contributed by atoms with E-state index in [-0.39, 0.29) is 19.3 Å². The van der Waals surface area contributed by atoms with Gasteiger partial charge >= 0.3 is 5.97 Å². The lowest BCUT2D eigenvalue weighted by Crippen LogP contribution is -2.28. The summed E-state index contributed by atoms with van der Waals surface area (Å²) in [5.74, 6) is 1.11. The van der Waals surface area contributed by atoms with Gasteiger partial charge in [-0.2, -0.15) is 0 Å². The Hall–Kier alpha value is -3.22. The summed E-state index contributed by atoms with van der Waals surface area (Å²) in [5, 5.41) is 2.71. The molecule has 1 aliphatic heterocycles. The monoisotopic (exact) mass is 399 g/mol. The highest BCUT2D eigenvalue weighted by atomic mass is 16.7. The molecule has 2 aromatic rings. The van der Waals surface area contributed by atoms with E-state index in [9.17, 15) is 9.59 Å². The molecule has 0 unspecified atom stereocenters. The third-order valence-corrected chi connectivity index (χ3v) is 4.37. The summed E-state index contributed by atoms with van der Waals surface area (Å²) in [6.07, 6.45) is 3.27. The van der Waals surface area contributed by atoms with Gasteiger partial charge in [-0.05, 0) is 48.4 Å². The van der Waals surface area contributed by atoms with Gasteiger partial charge in [0, 0.05) is 6.54 Å². The summed E-state index contributed by atoms with van der Waals surface area (Å²) in [4.78, 5) is 24.0. The predicted octanol–water partition coefficient (Wildman–Crippen LogP) is 3.46. The van der Waals surface area contributed by atoms with Gasteiger partial charge in [0.2, 0.25) is 6.79 Å². The van der Waals surface area contributed by atoms with E-state index in [1.807, 2.05) is 6.07 Å². The van der Waals surface area contributed by atoms with Gasteiger partial charge in [-0.25, -0.2) is 4.79 Å². The molecular formula is C22H25NO6. The number of unbranched alkanes of at least 4 members (excludes halogenated alkanes) is 2. The number of carbonyl (C=O) groups is 2. The maximum absolute atomic E-state index is 12.1. The molecule has 7 nitrogen and oxygen atoms in total. The van der Waals surface area contributed by atoms with Crippen molar-refractivity contribution in [1.29, 1.82) is 0 Å². The summed E-state index contributed by atoms with van der Waals surface area (Å²) in [5.41, 5.74) is 1.23. The van der Waals surface area contributed by atoms with E-state index in [1.165, 1.54) is 0 Å². The molecule has 3 rings (SSSR count). The van der Waals surface area contributed by atoms with E-state index in [1.54, 1.807) is 36.4 Å². The fourth-order valence-corrected chi connectivity index (χ4v) is 2.75. The zero-order valence-corrected chi connectivity index (χ0v) is 16.4. The van der Waals surface area contributed by atoms with Gasteiger partial charge in [0.1, 0.15) is 5.75 Å². The second-order valence-electron chi connectivity index (χ2n) is 6.62. The lowest BCUT2D eigenvalue weighted by molar-refractivity contribution is -0.124. The van der Waals surface area contributed by atoms with Crippen molar-refractivity contribution in [3.63, 3.8) is 0 Å². The van der Waals surface area contributed by atoms with Crippen LogP contribution < -0.4 is 19.5 Å². The van der Waals surface area contributed by atoms with Crippen LogP contribution in [0.4, 0.5) is 0 Å². The second-order valence-corrected chi connectivity index (χ2v) is 6.62. The molecule has 1 heterocycles. The Balaban J connectivity index is 1.38. The minimum atomic E-state index is -0.555. The highest BCUT2D eigenvalue weighted by molar-refractivity contribution is 5.91. The van der Waals surface area contributed by atoms with E-state index in [0.29, 0.717) is 36.0 Å². The number of esters is 1. The van der Waals surface area contributed by atoms with Gasteiger partial charge in [-0.3, -0.25) is 4.79 Å². The fraction of sp³-hybridized carbons (Fsp3) is 0.364. The summed E-state index contributed by atoms with van der Waals surface area (Å²) in [6, 6.07) is 12.1. The van der Waals surface area contributed by atoms with Crippen molar-refractivity contribution in [1.82, 2.24) is 5.32 Å². The molecule has 0 aromatic heterocycles. The Morgan fingerprint density at radius 1 is 1.03 bits per heavy atom. The number of hydrogen-bond acceptors (Lipinski definition) is 6. The highest BCUT2D eigenvalue weighted by Crippen LogP contribution is 2.32.